The van der Waals surface area contributed by atoms with Crippen molar-refractivity contribution in [2.75, 3.05) is 5.32 Å². The van der Waals surface area contributed by atoms with Gasteiger partial charge in [-0.3, -0.25) is 0 Å². The minimum absolute atomic E-state index is 0.420. The number of imidazole rings is 1. The number of aromatic nitrogens is 3. The Morgan fingerprint density at radius 3 is 2.85 bits per heavy atom. The van der Waals surface area contributed by atoms with Crippen LogP contribution in [0.15, 0.2) is 36.5 Å². The zero-order valence-corrected chi connectivity index (χ0v) is 11.6. The Labute approximate surface area is 117 Å². The molecule has 0 aliphatic rings. The quantitative estimate of drug-likeness (QED) is 0.765. The highest BCUT2D eigenvalue weighted by Crippen LogP contribution is 2.21. The fraction of sp³-hybridized carbons (Fsp3) is 0.200. The van der Waals surface area contributed by atoms with Gasteiger partial charge in [0.1, 0.15) is 0 Å². The van der Waals surface area contributed by atoms with E-state index in [-0.39, 0.29) is 0 Å². The zero-order chi connectivity index (χ0) is 14.1. The van der Waals surface area contributed by atoms with Crippen molar-refractivity contribution in [3.8, 4) is 0 Å². The van der Waals surface area contributed by atoms with E-state index in [1.165, 1.54) is 11.1 Å². The molecule has 0 unspecified atom stereocenters. The molecule has 3 N–H and O–H groups in total. The summed E-state index contributed by atoms with van der Waals surface area (Å²) in [4.78, 5) is 4.36. The highest BCUT2D eigenvalue weighted by atomic mass is 15.3. The SMILES string of the molecule is Cc1cccc(Nc2ccc3nc(CN)cn3n2)c1C. The van der Waals surface area contributed by atoms with Crippen molar-refractivity contribution in [1.29, 1.82) is 0 Å². The van der Waals surface area contributed by atoms with Crippen molar-refractivity contribution >= 4 is 17.2 Å². The number of nitrogens with one attached hydrogen (secondary N) is 1. The van der Waals surface area contributed by atoms with Crippen LogP contribution < -0.4 is 11.1 Å². The number of aryl methyl sites for hydroxylation is 1. The Morgan fingerprint density at radius 2 is 2.05 bits per heavy atom. The second-order valence-electron chi connectivity index (χ2n) is 4.83. The second-order valence-corrected chi connectivity index (χ2v) is 4.83. The van der Waals surface area contributed by atoms with Crippen LogP contribution in [-0.2, 0) is 6.54 Å². The van der Waals surface area contributed by atoms with Gasteiger partial charge < -0.3 is 11.1 Å². The molecule has 102 valence electrons. The van der Waals surface area contributed by atoms with Crippen LogP contribution in [0.2, 0.25) is 0 Å². The first kappa shape index (κ1) is 12.6. The Kier molecular flexibility index (Phi) is 3.12. The zero-order valence-electron chi connectivity index (χ0n) is 11.6. The van der Waals surface area contributed by atoms with Crippen molar-refractivity contribution in [3.05, 3.63) is 53.3 Å². The molecular weight excluding hydrogens is 250 g/mol. The first-order chi connectivity index (χ1) is 9.67. The first-order valence-corrected chi connectivity index (χ1v) is 6.56. The summed E-state index contributed by atoms with van der Waals surface area (Å²) in [6.07, 6.45) is 1.85. The molecular formula is C15H17N5. The molecule has 0 saturated heterocycles. The molecule has 0 spiro atoms. The lowest BCUT2D eigenvalue weighted by molar-refractivity contribution is 0.933. The molecule has 5 heteroatoms. The average Bonchev–Trinajstić information content (AvgIpc) is 2.86. The van der Waals surface area contributed by atoms with Crippen molar-refractivity contribution in [2.24, 2.45) is 5.73 Å². The van der Waals surface area contributed by atoms with Crippen LogP contribution in [0.1, 0.15) is 16.8 Å². The lowest BCUT2D eigenvalue weighted by Gasteiger charge is -2.10. The van der Waals surface area contributed by atoms with Gasteiger partial charge in [0.05, 0.1) is 11.9 Å². The third-order valence-electron chi connectivity index (χ3n) is 3.45. The summed E-state index contributed by atoms with van der Waals surface area (Å²) in [6, 6.07) is 10.0. The van der Waals surface area contributed by atoms with Gasteiger partial charge in [-0.25, -0.2) is 9.50 Å². The third-order valence-corrected chi connectivity index (χ3v) is 3.45. The summed E-state index contributed by atoms with van der Waals surface area (Å²) in [5, 5.41) is 7.84. The Hall–Kier alpha value is -2.40. The summed E-state index contributed by atoms with van der Waals surface area (Å²) >= 11 is 0. The van der Waals surface area contributed by atoms with Gasteiger partial charge in [0.2, 0.25) is 0 Å². The molecule has 0 radical (unpaired) electrons. The minimum atomic E-state index is 0.420. The number of anilines is 2. The van der Waals surface area contributed by atoms with Crippen LogP contribution in [-0.4, -0.2) is 14.6 Å². The Balaban J connectivity index is 1.96. The van der Waals surface area contributed by atoms with Crippen LogP contribution >= 0.6 is 0 Å². The fourth-order valence-corrected chi connectivity index (χ4v) is 2.12. The number of rotatable bonds is 3. The van der Waals surface area contributed by atoms with Gasteiger partial charge in [0.15, 0.2) is 11.5 Å². The molecule has 3 aromatic rings. The maximum Gasteiger partial charge on any atom is 0.153 e. The molecule has 0 bridgehead atoms. The third kappa shape index (κ3) is 2.23. The molecule has 5 nitrogen and oxygen atoms in total. The van der Waals surface area contributed by atoms with E-state index in [0.717, 1.165) is 22.8 Å². The molecule has 3 rings (SSSR count). The van der Waals surface area contributed by atoms with Gasteiger partial charge in [0.25, 0.3) is 0 Å². The van der Waals surface area contributed by atoms with E-state index in [9.17, 15) is 0 Å². The maximum atomic E-state index is 5.59. The Bertz CT molecular complexity index is 760. The van der Waals surface area contributed by atoms with Crippen LogP contribution in [0.25, 0.3) is 5.65 Å². The number of hydrogen-bond donors (Lipinski definition) is 2. The Morgan fingerprint density at radius 1 is 1.20 bits per heavy atom. The molecule has 0 saturated carbocycles. The molecule has 2 aromatic heterocycles. The number of nitrogens with zero attached hydrogens (tertiary/aromatic N) is 3. The molecule has 0 atom stereocenters. The molecule has 1 aromatic carbocycles. The van der Waals surface area contributed by atoms with E-state index < -0.39 is 0 Å². The number of benzene rings is 1. The van der Waals surface area contributed by atoms with Gasteiger partial charge >= 0.3 is 0 Å². The number of hydrogen-bond acceptors (Lipinski definition) is 4. The van der Waals surface area contributed by atoms with Crippen molar-refractivity contribution in [2.45, 2.75) is 20.4 Å². The van der Waals surface area contributed by atoms with Crippen LogP contribution in [0.4, 0.5) is 11.5 Å². The summed E-state index contributed by atoms with van der Waals surface area (Å²) in [5.41, 5.74) is 10.8. The van der Waals surface area contributed by atoms with E-state index in [4.69, 9.17) is 5.73 Å². The smallest absolute Gasteiger partial charge is 0.153 e. The van der Waals surface area contributed by atoms with E-state index in [0.29, 0.717) is 6.54 Å². The van der Waals surface area contributed by atoms with Gasteiger partial charge in [-0.2, -0.15) is 0 Å². The maximum absolute atomic E-state index is 5.59. The minimum Gasteiger partial charge on any atom is -0.339 e. The van der Waals surface area contributed by atoms with Crippen LogP contribution in [0, 0.1) is 13.8 Å². The number of nitrogens with two attached hydrogens (primary N) is 1. The summed E-state index contributed by atoms with van der Waals surface area (Å²) < 4.78 is 1.75. The molecule has 2 heterocycles. The number of fused-ring (bicyclic) bond motifs is 1. The van der Waals surface area contributed by atoms with E-state index in [1.54, 1.807) is 4.52 Å². The van der Waals surface area contributed by atoms with E-state index >= 15 is 0 Å². The lowest BCUT2D eigenvalue weighted by atomic mass is 10.1. The monoisotopic (exact) mass is 267 g/mol. The van der Waals surface area contributed by atoms with Gasteiger partial charge in [-0.1, -0.05) is 12.1 Å². The summed E-state index contributed by atoms with van der Waals surface area (Å²) in [5.74, 6) is 0.784. The molecule has 0 aliphatic heterocycles. The normalized spacial score (nSPS) is 10.9. The predicted molar refractivity (Wildman–Crippen MR) is 80.1 cm³/mol. The van der Waals surface area contributed by atoms with Crippen LogP contribution in [0.3, 0.4) is 0 Å². The predicted octanol–water partition coefficient (Wildman–Crippen LogP) is 2.55. The van der Waals surface area contributed by atoms with Crippen LogP contribution in [0.5, 0.6) is 0 Å². The topological polar surface area (TPSA) is 68.2 Å². The van der Waals surface area contributed by atoms with Gasteiger partial charge in [-0.05, 0) is 43.2 Å². The second kappa shape index (κ2) is 4.94. The highest BCUT2D eigenvalue weighted by Gasteiger charge is 2.05. The molecule has 0 amide bonds. The molecule has 0 aliphatic carbocycles. The van der Waals surface area contributed by atoms with Crippen molar-refractivity contribution < 1.29 is 0 Å². The fourth-order valence-electron chi connectivity index (χ4n) is 2.12. The molecule has 0 fully saturated rings. The van der Waals surface area contributed by atoms with E-state index in [1.807, 2.05) is 30.5 Å². The largest absolute Gasteiger partial charge is 0.339 e. The van der Waals surface area contributed by atoms with Gasteiger partial charge in [0, 0.05) is 12.2 Å². The standard InChI is InChI=1S/C15H17N5/c1-10-4-3-5-13(11(10)2)18-14-6-7-15-17-12(8-16)9-20(15)19-14/h3-7,9H,8,16H2,1-2H3,(H,18,19). The van der Waals surface area contributed by atoms with Crippen molar-refractivity contribution in [1.82, 2.24) is 14.6 Å². The highest BCUT2D eigenvalue weighted by molar-refractivity contribution is 5.62. The van der Waals surface area contributed by atoms with E-state index in [2.05, 4.69) is 35.3 Å². The summed E-state index contributed by atoms with van der Waals surface area (Å²) in [6.45, 7) is 4.61. The first-order valence-electron chi connectivity index (χ1n) is 6.56. The average molecular weight is 267 g/mol. The van der Waals surface area contributed by atoms with Crippen molar-refractivity contribution in [3.63, 3.8) is 0 Å². The lowest BCUT2D eigenvalue weighted by Crippen LogP contribution is -2.00. The molecule has 20 heavy (non-hydrogen) atoms. The summed E-state index contributed by atoms with van der Waals surface area (Å²) in [7, 11) is 0. The van der Waals surface area contributed by atoms with Gasteiger partial charge in [-0.15, -0.1) is 5.10 Å².